The minimum absolute atomic E-state index is 0.00324. The summed E-state index contributed by atoms with van der Waals surface area (Å²) < 4.78 is 0. The Morgan fingerprint density at radius 1 is 0.900 bits per heavy atom. The van der Waals surface area contributed by atoms with Gasteiger partial charge in [0.2, 0.25) is 11.8 Å². The number of aromatic nitrogens is 1. The van der Waals surface area contributed by atoms with E-state index in [0.29, 0.717) is 18.7 Å². The number of aryl methyl sites for hydroxylation is 1. The Morgan fingerprint density at radius 2 is 1.53 bits per heavy atom. The molecule has 2 amide bonds. The van der Waals surface area contributed by atoms with Crippen LogP contribution in [0, 0.1) is 6.92 Å². The van der Waals surface area contributed by atoms with Gasteiger partial charge in [-0.15, -0.1) is 0 Å². The number of carbonyl (C=O) groups excluding carboxylic acids is 2. The van der Waals surface area contributed by atoms with Crippen molar-refractivity contribution >= 4 is 34.1 Å². The fraction of sp³-hybridized carbons (Fsp3) is 0.333. The summed E-state index contributed by atoms with van der Waals surface area (Å²) in [5, 5.41) is 6.96. The van der Waals surface area contributed by atoms with E-state index in [1.807, 2.05) is 55.5 Å². The van der Waals surface area contributed by atoms with Gasteiger partial charge in [-0.3, -0.25) is 14.5 Å². The molecule has 4 rings (SSSR count). The van der Waals surface area contributed by atoms with E-state index in [1.54, 1.807) is 0 Å². The molecule has 6 nitrogen and oxygen atoms in total. The van der Waals surface area contributed by atoms with E-state index < -0.39 is 0 Å². The highest BCUT2D eigenvalue weighted by molar-refractivity contribution is 5.97. The third kappa shape index (κ3) is 4.89. The number of amides is 2. The van der Waals surface area contributed by atoms with Crippen molar-refractivity contribution in [3.63, 3.8) is 0 Å². The zero-order valence-electron chi connectivity index (χ0n) is 17.3. The molecule has 0 saturated carbocycles. The molecule has 0 bridgehead atoms. The average molecular weight is 405 g/mol. The lowest BCUT2D eigenvalue weighted by molar-refractivity contribution is -0.117. The molecule has 1 saturated heterocycles. The van der Waals surface area contributed by atoms with Crippen LogP contribution in [0.25, 0.3) is 10.9 Å². The molecular weight excluding hydrogens is 376 g/mol. The van der Waals surface area contributed by atoms with Gasteiger partial charge in [0.15, 0.2) is 0 Å². The van der Waals surface area contributed by atoms with Crippen LogP contribution >= 0.6 is 0 Å². The Hall–Kier alpha value is -3.12. The van der Waals surface area contributed by atoms with Crippen molar-refractivity contribution < 1.29 is 9.59 Å². The summed E-state index contributed by atoms with van der Waals surface area (Å²) in [4.78, 5) is 30.3. The molecule has 30 heavy (non-hydrogen) atoms. The lowest BCUT2D eigenvalue weighted by atomic mass is 10.1. The number of hydrogen-bond donors (Lipinski definition) is 3. The summed E-state index contributed by atoms with van der Waals surface area (Å²) in [6.07, 6.45) is 3.90. The highest BCUT2D eigenvalue weighted by atomic mass is 16.2. The third-order valence-electron chi connectivity index (χ3n) is 5.63. The molecule has 0 atom stereocenters. The number of anilines is 2. The number of H-pyrrole nitrogens is 1. The predicted molar refractivity (Wildman–Crippen MR) is 121 cm³/mol. The van der Waals surface area contributed by atoms with Crippen molar-refractivity contribution in [3.05, 3.63) is 59.8 Å². The second-order valence-electron chi connectivity index (χ2n) is 7.96. The first-order valence-corrected chi connectivity index (χ1v) is 10.6. The van der Waals surface area contributed by atoms with Crippen LogP contribution in [0.3, 0.4) is 0 Å². The Morgan fingerprint density at radius 3 is 2.23 bits per heavy atom. The van der Waals surface area contributed by atoms with Crippen molar-refractivity contribution in [2.75, 3.05) is 30.3 Å². The lowest BCUT2D eigenvalue weighted by Crippen LogP contribution is -2.36. The van der Waals surface area contributed by atoms with E-state index in [4.69, 9.17) is 0 Å². The number of piperidine rings is 1. The molecule has 2 heterocycles. The van der Waals surface area contributed by atoms with Gasteiger partial charge < -0.3 is 15.6 Å². The molecule has 3 aromatic rings. The van der Waals surface area contributed by atoms with Crippen LogP contribution in [0.5, 0.6) is 0 Å². The van der Waals surface area contributed by atoms with Crippen LogP contribution in [0.4, 0.5) is 11.4 Å². The van der Waals surface area contributed by atoms with E-state index in [-0.39, 0.29) is 11.8 Å². The lowest BCUT2D eigenvalue weighted by Gasteiger charge is -2.25. The maximum atomic E-state index is 12.6. The SMILES string of the molecule is Cc1[nH]c2ccccc2c1CC(=O)Nc1ccc(NC(=O)CN2CCCCC2)cc1. The van der Waals surface area contributed by atoms with Crippen molar-refractivity contribution in [2.24, 2.45) is 0 Å². The largest absolute Gasteiger partial charge is 0.358 e. The molecule has 1 aliphatic rings. The molecule has 0 aliphatic carbocycles. The zero-order chi connectivity index (χ0) is 20.9. The van der Waals surface area contributed by atoms with Gasteiger partial charge in [0.05, 0.1) is 13.0 Å². The van der Waals surface area contributed by atoms with Gasteiger partial charge >= 0.3 is 0 Å². The maximum absolute atomic E-state index is 12.6. The molecule has 156 valence electrons. The van der Waals surface area contributed by atoms with Crippen molar-refractivity contribution in [1.82, 2.24) is 9.88 Å². The van der Waals surface area contributed by atoms with Gasteiger partial charge in [-0.05, 0) is 68.8 Å². The molecular formula is C24H28N4O2. The van der Waals surface area contributed by atoms with Gasteiger partial charge in [-0.2, -0.15) is 0 Å². The van der Waals surface area contributed by atoms with E-state index in [2.05, 4.69) is 20.5 Å². The first kappa shape index (κ1) is 20.2. The molecule has 2 aromatic carbocycles. The number of rotatable bonds is 6. The number of para-hydroxylation sites is 1. The fourth-order valence-corrected chi connectivity index (χ4v) is 4.09. The van der Waals surface area contributed by atoms with Crippen molar-refractivity contribution in [1.29, 1.82) is 0 Å². The molecule has 1 aromatic heterocycles. The Balaban J connectivity index is 1.32. The van der Waals surface area contributed by atoms with Crippen LogP contribution in [-0.4, -0.2) is 41.3 Å². The van der Waals surface area contributed by atoms with Crippen LogP contribution < -0.4 is 10.6 Å². The van der Waals surface area contributed by atoms with E-state index in [0.717, 1.165) is 40.9 Å². The molecule has 0 radical (unpaired) electrons. The smallest absolute Gasteiger partial charge is 0.238 e. The number of fused-ring (bicyclic) bond motifs is 1. The van der Waals surface area contributed by atoms with Gasteiger partial charge in [0.25, 0.3) is 0 Å². The average Bonchev–Trinajstić information content (AvgIpc) is 3.05. The van der Waals surface area contributed by atoms with Crippen LogP contribution in [0.1, 0.15) is 30.5 Å². The number of benzene rings is 2. The summed E-state index contributed by atoms with van der Waals surface area (Å²) in [6, 6.07) is 15.3. The zero-order valence-corrected chi connectivity index (χ0v) is 17.3. The summed E-state index contributed by atoms with van der Waals surface area (Å²) in [5.41, 5.74) is 4.53. The molecule has 0 unspecified atom stereocenters. The second-order valence-corrected chi connectivity index (χ2v) is 7.96. The van der Waals surface area contributed by atoms with Crippen LogP contribution in [0.2, 0.25) is 0 Å². The summed E-state index contributed by atoms with van der Waals surface area (Å²) in [6.45, 7) is 4.41. The Bertz CT molecular complexity index is 1030. The molecule has 3 N–H and O–H groups in total. The van der Waals surface area contributed by atoms with Gasteiger partial charge in [0.1, 0.15) is 0 Å². The maximum Gasteiger partial charge on any atom is 0.238 e. The van der Waals surface area contributed by atoms with Gasteiger partial charge in [0, 0.05) is 28.0 Å². The van der Waals surface area contributed by atoms with Crippen LogP contribution in [0.15, 0.2) is 48.5 Å². The number of carbonyl (C=O) groups is 2. The fourth-order valence-electron chi connectivity index (χ4n) is 4.09. The highest BCUT2D eigenvalue weighted by Gasteiger charge is 2.14. The first-order chi connectivity index (χ1) is 14.6. The number of aromatic amines is 1. The molecule has 1 aliphatic heterocycles. The number of nitrogens with one attached hydrogen (secondary N) is 3. The van der Waals surface area contributed by atoms with Crippen LogP contribution in [-0.2, 0) is 16.0 Å². The third-order valence-corrected chi connectivity index (χ3v) is 5.63. The van der Waals surface area contributed by atoms with E-state index in [9.17, 15) is 9.59 Å². The number of nitrogens with zero attached hydrogens (tertiary/aromatic N) is 1. The molecule has 0 spiro atoms. The normalized spacial score (nSPS) is 14.6. The highest BCUT2D eigenvalue weighted by Crippen LogP contribution is 2.23. The van der Waals surface area contributed by atoms with Crippen molar-refractivity contribution in [2.45, 2.75) is 32.6 Å². The molecule has 6 heteroatoms. The van der Waals surface area contributed by atoms with E-state index >= 15 is 0 Å². The standard InChI is InChI=1S/C24H28N4O2/c1-17-21(20-7-3-4-8-22(20)25-17)15-23(29)26-18-9-11-19(12-10-18)27-24(30)16-28-13-5-2-6-14-28/h3-4,7-12,25H,2,5-6,13-16H2,1H3,(H,26,29)(H,27,30). The summed E-state index contributed by atoms with van der Waals surface area (Å²) in [7, 11) is 0. The second kappa shape index (κ2) is 9.13. The minimum atomic E-state index is -0.0651. The van der Waals surface area contributed by atoms with Gasteiger partial charge in [-0.25, -0.2) is 0 Å². The minimum Gasteiger partial charge on any atom is -0.358 e. The Labute approximate surface area is 176 Å². The van der Waals surface area contributed by atoms with Crippen molar-refractivity contribution in [3.8, 4) is 0 Å². The number of hydrogen-bond acceptors (Lipinski definition) is 3. The number of likely N-dealkylation sites (tertiary alicyclic amines) is 1. The Kier molecular flexibility index (Phi) is 6.14. The topological polar surface area (TPSA) is 77.2 Å². The quantitative estimate of drug-likeness (QED) is 0.579. The van der Waals surface area contributed by atoms with E-state index in [1.165, 1.54) is 19.3 Å². The molecule has 1 fully saturated rings. The predicted octanol–water partition coefficient (Wildman–Crippen LogP) is 4.08. The summed E-state index contributed by atoms with van der Waals surface area (Å²) >= 11 is 0. The monoisotopic (exact) mass is 404 g/mol. The van der Waals surface area contributed by atoms with Gasteiger partial charge in [-0.1, -0.05) is 24.6 Å². The first-order valence-electron chi connectivity index (χ1n) is 10.6. The summed E-state index contributed by atoms with van der Waals surface area (Å²) in [5.74, 6) is -0.0618.